The molecule has 0 aliphatic rings. The SMILES string of the molecule is COC(=O)c1snc(-c2c(Cl)cccc2Cl)c1N. The molecule has 4 nitrogen and oxygen atoms in total. The highest BCUT2D eigenvalue weighted by Crippen LogP contribution is 2.39. The summed E-state index contributed by atoms with van der Waals surface area (Å²) in [7, 11) is 1.28. The molecule has 0 unspecified atom stereocenters. The Morgan fingerprint density at radius 3 is 2.56 bits per heavy atom. The lowest BCUT2D eigenvalue weighted by molar-refractivity contribution is 0.0607. The highest BCUT2D eigenvalue weighted by molar-refractivity contribution is 7.09. The lowest BCUT2D eigenvalue weighted by Crippen LogP contribution is -2.02. The van der Waals surface area contributed by atoms with Gasteiger partial charge >= 0.3 is 5.97 Å². The van der Waals surface area contributed by atoms with E-state index in [1.54, 1.807) is 18.2 Å². The maximum absolute atomic E-state index is 11.5. The van der Waals surface area contributed by atoms with Gasteiger partial charge in [-0.15, -0.1) is 0 Å². The van der Waals surface area contributed by atoms with Gasteiger partial charge in [0.15, 0.2) is 4.88 Å². The molecule has 0 spiro atoms. The number of hydrogen-bond donors (Lipinski definition) is 1. The molecule has 0 amide bonds. The number of hydrogen-bond acceptors (Lipinski definition) is 5. The molecule has 0 aliphatic heterocycles. The van der Waals surface area contributed by atoms with E-state index in [4.69, 9.17) is 28.9 Å². The predicted octanol–water partition coefficient (Wildman–Crippen LogP) is 3.49. The van der Waals surface area contributed by atoms with Crippen molar-refractivity contribution in [3.05, 3.63) is 33.1 Å². The molecule has 2 aromatic rings. The number of rotatable bonds is 2. The minimum Gasteiger partial charge on any atom is -0.465 e. The van der Waals surface area contributed by atoms with Gasteiger partial charge in [-0.25, -0.2) is 4.79 Å². The number of aromatic nitrogens is 1. The van der Waals surface area contributed by atoms with Crippen LogP contribution >= 0.6 is 34.7 Å². The molecule has 0 aliphatic carbocycles. The monoisotopic (exact) mass is 302 g/mol. The summed E-state index contributed by atoms with van der Waals surface area (Å²) in [6, 6.07) is 5.08. The van der Waals surface area contributed by atoms with E-state index in [1.807, 2.05) is 0 Å². The van der Waals surface area contributed by atoms with Crippen LogP contribution in [-0.2, 0) is 4.74 Å². The second kappa shape index (κ2) is 5.14. The van der Waals surface area contributed by atoms with E-state index in [2.05, 4.69) is 9.11 Å². The van der Waals surface area contributed by atoms with Crippen molar-refractivity contribution in [3.8, 4) is 11.3 Å². The Labute approximate surface area is 117 Å². The summed E-state index contributed by atoms with van der Waals surface area (Å²) in [5.41, 5.74) is 7.02. The van der Waals surface area contributed by atoms with Gasteiger partial charge < -0.3 is 10.5 Å². The van der Waals surface area contributed by atoms with Gasteiger partial charge in [0.05, 0.1) is 22.8 Å². The first-order valence-electron chi connectivity index (χ1n) is 4.84. The normalized spacial score (nSPS) is 10.4. The largest absolute Gasteiger partial charge is 0.465 e. The summed E-state index contributed by atoms with van der Waals surface area (Å²) in [6.07, 6.45) is 0. The predicted molar refractivity (Wildman–Crippen MR) is 73.3 cm³/mol. The van der Waals surface area contributed by atoms with Crippen LogP contribution in [0.1, 0.15) is 9.67 Å². The standard InChI is InChI=1S/C11H8Cl2N2O2S/c1-17-11(16)10-8(14)9(15-18-10)7-5(12)3-2-4-6(7)13/h2-4H,14H2,1H3. The van der Waals surface area contributed by atoms with Gasteiger partial charge in [0.2, 0.25) is 0 Å². The Morgan fingerprint density at radius 2 is 2.00 bits per heavy atom. The fraction of sp³-hybridized carbons (Fsp3) is 0.0909. The topological polar surface area (TPSA) is 65.2 Å². The summed E-state index contributed by atoms with van der Waals surface area (Å²) in [5, 5.41) is 0.854. The number of ether oxygens (including phenoxy) is 1. The smallest absolute Gasteiger partial charge is 0.351 e. The first kappa shape index (κ1) is 13.1. The molecular weight excluding hydrogens is 295 g/mol. The number of nitrogen functional groups attached to an aromatic ring is 1. The van der Waals surface area contributed by atoms with E-state index < -0.39 is 5.97 Å². The molecule has 0 saturated heterocycles. The van der Waals surface area contributed by atoms with Gasteiger partial charge in [0.1, 0.15) is 5.69 Å². The third kappa shape index (κ3) is 2.16. The van der Waals surface area contributed by atoms with Crippen molar-refractivity contribution in [2.24, 2.45) is 0 Å². The first-order valence-corrected chi connectivity index (χ1v) is 6.37. The fourth-order valence-electron chi connectivity index (χ4n) is 1.44. The Morgan fingerprint density at radius 1 is 1.39 bits per heavy atom. The van der Waals surface area contributed by atoms with E-state index in [0.717, 1.165) is 11.5 Å². The number of benzene rings is 1. The molecule has 7 heteroatoms. The van der Waals surface area contributed by atoms with Gasteiger partial charge in [0.25, 0.3) is 0 Å². The van der Waals surface area contributed by atoms with E-state index in [0.29, 0.717) is 21.3 Å². The fourth-order valence-corrected chi connectivity index (χ4v) is 2.74. The van der Waals surface area contributed by atoms with Crippen molar-refractivity contribution in [2.45, 2.75) is 0 Å². The number of carbonyl (C=O) groups excluding carboxylic acids is 1. The second-order valence-corrected chi connectivity index (χ2v) is 4.95. The van der Waals surface area contributed by atoms with Crippen molar-refractivity contribution >= 4 is 46.4 Å². The maximum atomic E-state index is 11.5. The number of nitrogens with zero attached hydrogens (tertiary/aromatic N) is 1. The van der Waals surface area contributed by atoms with Crippen LogP contribution in [0, 0.1) is 0 Å². The zero-order valence-electron chi connectivity index (χ0n) is 9.24. The maximum Gasteiger partial charge on any atom is 0.351 e. The third-order valence-electron chi connectivity index (χ3n) is 2.30. The van der Waals surface area contributed by atoms with Crippen molar-refractivity contribution in [3.63, 3.8) is 0 Å². The van der Waals surface area contributed by atoms with Gasteiger partial charge in [-0.2, -0.15) is 4.37 Å². The highest BCUT2D eigenvalue weighted by Gasteiger charge is 2.21. The molecule has 0 atom stereocenters. The zero-order chi connectivity index (χ0) is 13.3. The highest BCUT2D eigenvalue weighted by atomic mass is 35.5. The Hall–Kier alpha value is -1.30. The Bertz CT molecular complexity index is 593. The average Bonchev–Trinajstić information content (AvgIpc) is 2.71. The molecule has 0 saturated carbocycles. The van der Waals surface area contributed by atoms with Gasteiger partial charge in [-0.1, -0.05) is 29.3 Å². The second-order valence-electron chi connectivity index (χ2n) is 3.36. The lowest BCUT2D eigenvalue weighted by atomic mass is 10.1. The van der Waals surface area contributed by atoms with Crippen LogP contribution in [0.5, 0.6) is 0 Å². The molecule has 1 aromatic carbocycles. The van der Waals surface area contributed by atoms with Crippen LogP contribution in [0.3, 0.4) is 0 Å². The zero-order valence-corrected chi connectivity index (χ0v) is 11.6. The van der Waals surface area contributed by atoms with Gasteiger partial charge in [-0.05, 0) is 23.7 Å². The van der Waals surface area contributed by atoms with Crippen LogP contribution in [0.15, 0.2) is 18.2 Å². The number of anilines is 1. The molecule has 1 heterocycles. The summed E-state index contributed by atoms with van der Waals surface area (Å²) in [6.45, 7) is 0. The number of nitrogens with two attached hydrogens (primary N) is 1. The van der Waals surface area contributed by atoms with Crippen LogP contribution in [0.4, 0.5) is 5.69 Å². The van der Waals surface area contributed by atoms with Crippen molar-refractivity contribution in [1.82, 2.24) is 4.37 Å². The molecule has 0 radical (unpaired) electrons. The van der Waals surface area contributed by atoms with Crippen LogP contribution in [-0.4, -0.2) is 17.5 Å². The van der Waals surface area contributed by atoms with Crippen LogP contribution < -0.4 is 5.73 Å². The summed E-state index contributed by atoms with van der Waals surface area (Å²) < 4.78 is 8.74. The molecule has 2 N–H and O–H groups in total. The van der Waals surface area contributed by atoms with E-state index >= 15 is 0 Å². The minimum atomic E-state index is -0.528. The number of methoxy groups -OCH3 is 1. The molecule has 94 valence electrons. The quantitative estimate of drug-likeness (QED) is 0.863. The first-order chi connectivity index (χ1) is 8.56. The van der Waals surface area contributed by atoms with E-state index in [1.165, 1.54) is 7.11 Å². The van der Waals surface area contributed by atoms with Crippen molar-refractivity contribution < 1.29 is 9.53 Å². The molecular formula is C11H8Cl2N2O2S. The van der Waals surface area contributed by atoms with Crippen LogP contribution in [0.25, 0.3) is 11.3 Å². The molecule has 0 fully saturated rings. The number of esters is 1. The van der Waals surface area contributed by atoms with E-state index in [-0.39, 0.29) is 10.6 Å². The average molecular weight is 303 g/mol. The number of carbonyl (C=O) groups is 1. The van der Waals surface area contributed by atoms with E-state index in [9.17, 15) is 4.79 Å². The molecule has 0 bridgehead atoms. The molecule has 18 heavy (non-hydrogen) atoms. The summed E-state index contributed by atoms with van der Waals surface area (Å²) in [4.78, 5) is 11.7. The molecule has 2 rings (SSSR count). The van der Waals surface area contributed by atoms with Crippen LogP contribution in [0.2, 0.25) is 10.0 Å². The van der Waals surface area contributed by atoms with Gasteiger partial charge in [-0.3, -0.25) is 0 Å². The third-order valence-corrected chi connectivity index (χ3v) is 3.77. The van der Waals surface area contributed by atoms with Crippen molar-refractivity contribution in [1.29, 1.82) is 0 Å². The van der Waals surface area contributed by atoms with Crippen molar-refractivity contribution in [2.75, 3.05) is 12.8 Å². The Kier molecular flexibility index (Phi) is 3.75. The minimum absolute atomic E-state index is 0.224. The number of halogens is 2. The molecule has 1 aromatic heterocycles. The summed E-state index contributed by atoms with van der Waals surface area (Å²) in [5.74, 6) is -0.528. The lowest BCUT2D eigenvalue weighted by Gasteiger charge is -2.05. The Balaban J connectivity index is 2.60. The summed E-state index contributed by atoms with van der Waals surface area (Å²) >= 11 is 13.1. The van der Waals surface area contributed by atoms with Gasteiger partial charge in [0, 0.05) is 5.56 Å².